The van der Waals surface area contributed by atoms with Crippen LogP contribution in [0, 0.1) is 0 Å². The van der Waals surface area contributed by atoms with Gasteiger partial charge in [0.05, 0.1) is 6.20 Å². The van der Waals surface area contributed by atoms with Gasteiger partial charge in [0.25, 0.3) is 0 Å². The summed E-state index contributed by atoms with van der Waals surface area (Å²) in [6.45, 7) is 8.03. The first kappa shape index (κ1) is 14.0. The first-order chi connectivity index (χ1) is 9.83. The van der Waals surface area contributed by atoms with Crippen LogP contribution in [0.25, 0.3) is 0 Å². The molecule has 1 aromatic heterocycles. The molecule has 0 radical (unpaired) electrons. The van der Waals surface area contributed by atoms with Gasteiger partial charge in [-0.25, -0.2) is 0 Å². The lowest BCUT2D eigenvalue weighted by molar-refractivity contribution is 0.797. The Hall–Kier alpha value is -2.43. The van der Waals surface area contributed by atoms with E-state index >= 15 is 0 Å². The molecular weight excluding hydrogens is 250 g/mol. The second kappa shape index (κ2) is 7.23. The van der Waals surface area contributed by atoms with Crippen LogP contribution in [0.1, 0.15) is 12.5 Å². The summed E-state index contributed by atoms with van der Waals surface area (Å²) in [7, 11) is 0. The fraction of sp³-hybridized carbons (Fsp3) is 0.267. The Balaban J connectivity index is 2.12. The first-order valence-corrected chi connectivity index (χ1v) is 6.67. The van der Waals surface area contributed by atoms with Crippen molar-refractivity contribution in [3.05, 3.63) is 54.7 Å². The predicted molar refractivity (Wildman–Crippen MR) is 81.7 cm³/mol. The monoisotopic (exact) mass is 269 g/mol. The van der Waals surface area contributed by atoms with Crippen LogP contribution in [-0.2, 0) is 6.54 Å². The SMILES string of the molecule is C=CCNc1nncc(N(CC)Cc2ccccc2)n1. The average molecular weight is 269 g/mol. The molecule has 2 rings (SSSR count). The zero-order valence-electron chi connectivity index (χ0n) is 11.7. The van der Waals surface area contributed by atoms with Gasteiger partial charge >= 0.3 is 0 Å². The lowest BCUT2D eigenvalue weighted by Crippen LogP contribution is -2.24. The Kier molecular flexibility index (Phi) is 5.06. The van der Waals surface area contributed by atoms with Crippen LogP contribution in [0.3, 0.4) is 0 Å². The van der Waals surface area contributed by atoms with E-state index in [1.165, 1.54) is 5.56 Å². The van der Waals surface area contributed by atoms with E-state index in [9.17, 15) is 0 Å². The maximum atomic E-state index is 4.47. The van der Waals surface area contributed by atoms with Crippen molar-refractivity contribution in [1.82, 2.24) is 15.2 Å². The highest BCUT2D eigenvalue weighted by Gasteiger charge is 2.08. The Morgan fingerprint density at radius 3 is 2.80 bits per heavy atom. The molecule has 0 aliphatic heterocycles. The van der Waals surface area contributed by atoms with E-state index in [4.69, 9.17) is 0 Å². The molecule has 0 aliphatic carbocycles. The van der Waals surface area contributed by atoms with Gasteiger partial charge in [-0.15, -0.1) is 11.7 Å². The minimum absolute atomic E-state index is 0.522. The van der Waals surface area contributed by atoms with E-state index in [0.29, 0.717) is 12.5 Å². The number of hydrogen-bond donors (Lipinski definition) is 1. The van der Waals surface area contributed by atoms with Crippen molar-refractivity contribution >= 4 is 11.8 Å². The quantitative estimate of drug-likeness (QED) is 0.783. The van der Waals surface area contributed by atoms with Gasteiger partial charge in [-0.05, 0) is 12.5 Å². The zero-order chi connectivity index (χ0) is 14.2. The summed E-state index contributed by atoms with van der Waals surface area (Å²) in [6, 6.07) is 10.3. The van der Waals surface area contributed by atoms with E-state index in [0.717, 1.165) is 18.9 Å². The number of nitrogens with one attached hydrogen (secondary N) is 1. The Labute approximate surface area is 119 Å². The molecule has 0 amide bonds. The van der Waals surface area contributed by atoms with Crippen LogP contribution in [0.2, 0.25) is 0 Å². The summed E-state index contributed by atoms with van der Waals surface area (Å²) in [5.74, 6) is 1.34. The predicted octanol–water partition coefficient (Wildman–Crippen LogP) is 2.50. The molecule has 0 saturated carbocycles. The van der Waals surface area contributed by atoms with Gasteiger partial charge < -0.3 is 10.2 Å². The lowest BCUT2D eigenvalue weighted by Gasteiger charge is -2.21. The normalized spacial score (nSPS) is 10.1. The Bertz CT molecular complexity index is 541. The van der Waals surface area contributed by atoms with Crippen molar-refractivity contribution in [1.29, 1.82) is 0 Å². The molecule has 1 heterocycles. The molecule has 0 aliphatic rings. The van der Waals surface area contributed by atoms with Crippen LogP contribution in [-0.4, -0.2) is 28.3 Å². The summed E-state index contributed by atoms with van der Waals surface area (Å²) >= 11 is 0. The second-order valence-electron chi connectivity index (χ2n) is 4.31. The van der Waals surface area contributed by atoms with Crippen molar-refractivity contribution in [3.8, 4) is 0 Å². The number of anilines is 2. The Morgan fingerprint density at radius 2 is 2.10 bits per heavy atom. The van der Waals surface area contributed by atoms with Gasteiger partial charge in [-0.1, -0.05) is 36.4 Å². The van der Waals surface area contributed by atoms with Gasteiger partial charge in [0.1, 0.15) is 0 Å². The Morgan fingerprint density at radius 1 is 1.30 bits per heavy atom. The maximum absolute atomic E-state index is 4.47. The number of hydrogen-bond acceptors (Lipinski definition) is 5. The molecule has 5 nitrogen and oxygen atoms in total. The van der Waals surface area contributed by atoms with Crippen LogP contribution >= 0.6 is 0 Å². The topological polar surface area (TPSA) is 53.9 Å². The van der Waals surface area contributed by atoms with Crippen LogP contribution < -0.4 is 10.2 Å². The molecule has 0 spiro atoms. The number of rotatable bonds is 7. The highest BCUT2D eigenvalue weighted by Crippen LogP contribution is 2.14. The summed E-state index contributed by atoms with van der Waals surface area (Å²) in [4.78, 5) is 6.63. The van der Waals surface area contributed by atoms with Crippen molar-refractivity contribution in [2.45, 2.75) is 13.5 Å². The standard InChI is InChI=1S/C15H19N5/c1-3-10-16-15-18-14(11-17-19-15)20(4-2)12-13-8-6-5-7-9-13/h3,5-9,11H,1,4,10,12H2,2H3,(H,16,18,19). The van der Waals surface area contributed by atoms with Crippen LogP contribution in [0.5, 0.6) is 0 Å². The fourth-order valence-corrected chi connectivity index (χ4v) is 1.84. The van der Waals surface area contributed by atoms with E-state index in [1.807, 2.05) is 18.2 Å². The molecule has 0 atom stereocenters. The number of benzene rings is 1. The molecule has 104 valence electrons. The van der Waals surface area contributed by atoms with E-state index in [2.05, 4.69) is 51.0 Å². The molecular formula is C15H19N5. The van der Waals surface area contributed by atoms with Crippen molar-refractivity contribution < 1.29 is 0 Å². The van der Waals surface area contributed by atoms with Crippen molar-refractivity contribution in [2.24, 2.45) is 0 Å². The van der Waals surface area contributed by atoms with Crippen molar-refractivity contribution in [3.63, 3.8) is 0 Å². The van der Waals surface area contributed by atoms with Gasteiger partial charge in [-0.2, -0.15) is 10.1 Å². The molecule has 0 bridgehead atoms. The molecule has 0 fully saturated rings. The number of nitrogens with zero attached hydrogens (tertiary/aromatic N) is 4. The maximum Gasteiger partial charge on any atom is 0.244 e. The van der Waals surface area contributed by atoms with Crippen molar-refractivity contribution in [2.75, 3.05) is 23.3 Å². The van der Waals surface area contributed by atoms with E-state index in [-0.39, 0.29) is 0 Å². The summed E-state index contributed by atoms with van der Waals surface area (Å²) in [5, 5.41) is 11.0. The summed E-state index contributed by atoms with van der Waals surface area (Å²) in [6.07, 6.45) is 3.45. The first-order valence-electron chi connectivity index (χ1n) is 6.67. The average Bonchev–Trinajstić information content (AvgIpc) is 2.52. The smallest absolute Gasteiger partial charge is 0.244 e. The third-order valence-corrected chi connectivity index (χ3v) is 2.87. The lowest BCUT2D eigenvalue weighted by atomic mass is 10.2. The molecule has 1 N–H and O–H groups in total. The van der Waals surface area contributed by atoms with E-state index < -0.39 is 0 Å². The summed E-state index contributed by atoms with van der Waals surface area (Å²) in [5.41, 5.74) is 1.24. The summed E-state index contributed by atoms with van der Waals surface area (Å²) < 4.78 is 0. The minimum Gasteiger partial charge on any atom is -0.351 e. The fourth-order valence-electron chi connectivity index (χ4n) is 1.84. The third-order valence-electron chi connectivity index (χ3n) is 2.87. The van der Waals surface area contributed by atoms with Gasteiger partial charge in [-0.3, -0.25) is 0 Å². The van der Waals surface area contributed by atoms with Gasteiger partial charge in [0.2, 0.25) is 5.95 Å². The zero-order valence-corrected chi connectivity index (χ0v) is 11.7. The van der Waals surface area contributed by atoms with Crippen LogP contribution in [0.15, 0.2) is 49.2 Å². The second-order valence-corrected chi connectivity index (χ2v) is 4.31. The molecule has 0 unspecified atom stereocenters. The number of aromatic nitrogens is 3. The van der Waals surface area contributed by atoms with Gasteiger partial charge in [0, 0.05) is 19.6 Å². The van der Waals surface area contributed by atoms with Crippen LogP contribution in [0.4, 0.5) is 11.8 Å². The molecule has 2 aromatic rings. The molecule has 5 heteroatoms. The highest BCUT2D eigenvalue weighted by atomic mass is 15.3. The minimum atomic E-state index is 0.522. The molecule has 0 saturated heterocycles. The molecule has 20 heavy (non-hydrogen) atoms. The highest BCUT2D eigenvalue weighted by molar-refractivity contribution is 5.41. The largest absolute Gasteiger partial charge is 0.351 e. The van der Waals surface area contributed by atoms with Gasteiger partial charge in [0.15, 0.2) is 5.82 Å². The molecule has 1 aromatic carbocycles. The third kappa shape index (κ3) is 3.78. The van der Waals surface area contributed by atoms with E-state index in [1.54, 1.807) is 12.3 Å².